The van der Waals surface area contributed by atoms with Gasteiger partial charge in [-0.1, -0.05) is 6.07 Å². The lowest BCUT2D eigenvalue weighted by atomic mass is 10.1. The smallest absolute Gasteiger partial charge is 0.255 e. The number of aromatic amines is 1. The summed E-state index contributed by atoms with van der Waals surface area (Å²) in [6.07, 6.45) is 0. The fourth-order valence-corrected chi connectivity index (χ4v) is 2.24. The van der Waals surface area contributed by atoms with Crippen LogP contribution in [0.25, 0.3) is 11.4 Å². The first kappa shape index (κ1) is 16.3. The van der Waals surface area contributed by atoms with Gasteiger partial charge in [-0.2, -0.15) is 5.21 Å². The van der Waals surface area contributed by atoms with Crippen LogP contribution in [0.5, 0.6) is 0 Å². The minimum Gasteiger partial charge on any atom is -0.345 e. The maximum atomic E-state index is 12.4. The third-order valence-corrected chi connectivity index (χ3v) is 3.52. The molecule has 1 heterocycles. The van der Waals surface area contributed by atoms with E-state index in [4.69, 9.17) is 0 Å². The molecule has 0 saturated carbocycles. The Kier molecular flexibility index (Phi) is 4.51. The molecule has 8 nitrogen and oxygen atoms in total. The van der Waals surface area contributed by atoms with Crippen molar-refractivity contribution in [1.29, 1.82) is 0 Å². The van der Waals surface area contributed by atoms with Crippen LogP contribution in [-0.2, 0) is 0 Å². The van der Waals surface area contributed by atoms with Crippen LogP contribution in [0.15, 0.2) is 48.5 Å². The third kappa shape index (κ3) is 3.69. The lowest BCUT2D eigenvalue weighted by molar-refractivity contribution is 0.0827. The molecule has 3 rings (SSSR count). The molecule has 126 valence electrons. The normalized spacial score (nSPS) is 10.3. The average molecular weight is 336 g/mol. The van der Waals surface area contributed by atoms with Gasteiger partial charge in [0.05, 0.1) is 0 Å². The quantitative estimate of drug-likeness (QED) is 0.756. The van der Waals surface area contributed by atoms with Crippen molar-refractivity contribution >= 4 is 17.5 Å². The maximum absolute atomic E-state index is 12.4. The molecule has 2 N–H and O–H groups in total. The Balaban J connectivity index is 1.74. The van der Waals surface area contributed by atoms with Gasteiger partial charge in [0.25, 0.3) is 11.8 Å². The summed E-state index contributed by atoms with van der Waals surface area (Å²) in [5.41, 5.74) is 2.28. The second kappa shape index (κ2) is 6.91. The van der Waals surface area contributed by atoms with E-state index in [1.807, 2.05) is 0 Å². The molecule has 1 aromatic heterocycles. The lowest BCUT2D eigenvalue weighted by Gasteiger charge is -2.11. The number of nitrogens with one attached hydrogen (secondary N) is 2. The van der Waals surface area contributed by atoms with E-state index in [9.17, 15) is 9.59 Å². The lowest BCUT2D eigenvalue weighted by Crippen LogP contribution is -2.22. The number of hydrogen-bond acceptors (Lipinski definition) is 5. The van der Waals surface area contributed by atoms with Gasteiger partial charge in [-0.25, -0.2) is 0 Å². The molecule has 25 heavy (non-hydrogen) atoms. The van der Waals surface area contributed by atoms with Crippen LogP contribution in [0.3, 0.4) is 0 Å². The van der Waals surface area contributed by atoms with Crippen molar-refractivity contribution in [3.63, 3.8) is 0 Å². The van der Waals surface area contributed by atoms with Gasteiger partial charge in [0, 0.05) is 36.5 Å². The van der Waals surface area contributed by atoms with E-state index in [-0.39, 0.29) is 11.8 Å². The van der Waals surface area contributed by atoms with E-state index in [1.54, 1.807) is 62.6 Å². The molecular formula is C17H16N6O2. The zero-order valence-electron chi connectivity index (χ0n) is 13.7. The zero-order chi connectivity index (χ0) is 17.8. The predicted molar refractivity (Wildman–Crippen MR) is 92.0 cm³/mol. The summed E-state index contributed by atoms with van der Waals surface area (Å²) >= 11 is 0. The van der Waals surface area contributed by atoms with Crippen LogP contribution in [-0.4, -0.2) is 51.4 Å². The van der Waals surface area contributed by atoms with Crippen LogP contribution < -0.4 is 5.32 Å². The summed E-state index contributed by atoms with van der Waals surface area (Å²) in [5.74, 6) is 0.0348. The number of carbonyl (C=O) groups excluding carboxylic acids is 2. The van der Waals surface area contributed by atoms with Crippen LogP contribution in [0.1, 0.15) is 20.7 Å². The van der Waals surface area contributed by atoms with Crippen molar-refractivity contribution < 1.29 is 9.59 Å². The highest BCUT2D eigenvalue weighted by Crippen LogP contribution is 2.17. The van der Waals surface area contributed by atoms with Gasteiger partial charge in [-0.15, -0.1) is 10.2 Å². The summed E-state index contributed by atoms with van der Waals surface area (Å²) in [4.78, 5) is 25.9. The molecular weight excluding hydrogens is 320 g/mol. The van der Waals surface area contributed by atoms with E-state index >= 15 is 0 Å². The summed E-state index contributed by atoms with van der Waals surface area (Å²) in [7, 11) is 3.33. The highest BCUT2D eigenvalue weighted by molar-refractivity contribution is 6.06. The first-order valence-electron chi connectivity index (χ1n) is 7.51. The van der Waals surface area contributed by atoms with E-state index in [1.165, 1.54) is 4.90 Å². The van der Waals surface area contributed by atoms with E-state index in [0.29, 0.717) is 22.6 Å². The molecule has 0 unspecified atom stereocenters. The monoisotopic (exact) mass is 336 g/mol. The average Bonchev–Trinajstić information content (AvgIpc) is 3.16. The summed E-state index contributed by atoms with van der Waals surface area (Å²) in [6.45, 7) is 0. The number of benzene rings is 2. The number of amides is 2. The highest BCUT2D eigenvalue weighted by atomic mass is 16.2. The zero-order valence-corrected chi connectivity index (χ0v) is 13.7. The summed E-state index contributed by atoms with van der Waals surface area (Å²) < 4.78 is 0. The van der Waals surface area contributed by atoms with Gasteiger partial charge in [-0.05, 0) is 47.7 Å². The van der Waals surface area contributed by atoms with Crippen molar-refractivity contribution in [3.8, 4) is 11.4 Å². The SMILES string of the molecule is CN(C)C(=O)c1cccc(C(=O)Nc2ccc(-c3nn[nH]n3)cc2)c1. The number of hydrogen-bond donors (Lipinski definition) is 2. The molecule has 0 aliphatic heterocycles. The fraction of sp³-hybridized carbons (Fsp3) is 0.118. The Morgan fingerprint density at radius 3 is 2.40 bits per heavy atom. The molecule has 0 saturated heterocycles. The molecule has 0 aliphatic carbocycles. The number of tetrazole rings is 1. The first-order valence-corrected chi connectivity index (χ1v) is 7.51. The molecule has 0 bridgehead atoms. The first-order chi connectivity index (χ1) is 12.0. The second-order valence-corrected chi connectivity index (χ2v) is 5.55. The van der Waals surface area contributed by atoms with Crippen LogP contribution in [0.2, 0.25) is 0 Å². The summed E-state index contributed by atoms with van der Waals surface area (Å²) in [6, 6.07) is 13.7. The molecule has 0 atom stereocenters. The Hall–Kier alpha value is -3.55. The minimum absolute atomic E-state index is 0.154. The van der Waals surface area contributed by atoms with Crippen LogP contribution in [0.4, 0.5) is 5.69 Å². The van der Waals surface area contributed by atoms with Gasteiger partial charge < -0.3 is 10.2 Å². The molecule has 2 aromatic carbocycles. The van der Waals surface area contributed by atoms with Gasteiger partial charge in [0.15, 0.2) is 0 Å². The van der Waals surface area contributed by atoms with Gasteiger partial charge in [0.2, 0.25) is 5.82 Å². The van der Waals surface area contributed by atoms with Crippen molar-refractivity contribution in [1.82, 2.24) is 25.5 Å². The van der Waals surface area contributed by atoms with E-state index in [0.717, 1.165) is 5.56 Å². The van der Waals surface area contributed by atoms with E-state index in [2.05, 4.69) is 25.9 Å². The number of aromatic nitrogens is 4. The summed E-state index contributed by atoms with van der Waals surface area (Å²) in [5, 5.41) is 16.5. The predicted octanol–water partition coefficient (Wildman–Crippen LogP) is 1.82. The molecule has 8 heteroatoms. The Labute approximate surface area is 143 Å². The highest BCUT2D eigenvalue weighted by Gasteiger charge is 2.12. The third-order valence-electron chi connectivity index (χ3n) is 3.52. The maximum Gasteiger partial charge on any atom is 0.255 e. The van der Waals surface area contributed by atoms with E-state index < -0.39 is 0 Å². The van der Waals surface area contributed by atoms with Gasteiger partial charge in [0.1, 0.15) is 0 Å². The molecule has 0 fully saturated rings. The van der Waals surface area contributed by atoms with Crippen LogP contribution >= 0.6 is 0 Å². The second-order valence-electron chi connectivity index (χ2n) is 5.55. The topological polar surface area (TPSA) is 104 Å². The Morgan fingerprint density at radius 1 is 1.04 bits per heavy atom. The van der Waals surface area contributed by atoms with Crippen LogP contribution in [0, 0.1) is 0 Å². The largest absolute Gasteiger partial charge is 0.345 e. The number of nitrogens with zero attached hydrogens (tertiary/aromatic N) is 4. The standard InChI is InChI=1S/C17H16N6O2/c1-23(2)17(25)13-5-3-4-12(10-13)16(24)18-14-8-6-11(7-9-14)15-19-21-22-20-15/h3-10H,1-2H3,(H,18,24)(H,19,20,21,22). The van der Waals surface area contributed by atoms with Gasteiger partial charge in [-0.3, -0.25) is 9.59 Å². The number of anilines is 1. The van der Waals surface area contributed by atoms with Crippen molar-refractivity contribution in [2.75, 3.05) is 19.4 Å². The van der Waals surface area contributed by atoms with Crippen molar-refractivity contribution in [3.05, 3.63) is 59.7 Å². The number of rotatable bonds is 4. The fourth-order valence-electron chi connectivity index (χ4n) is 2.24. The molecule has 0 radical (unpaired) electrons. The molecule has 3 aromatic rings. The molecule has 2 amide bonds. The van der Waals surface area contributed by atoms with Crippen molar-refractivity contribution in [2.45, 2.75) is 0 Å². The Morgan fingerprint density at radius 2 is 1.76 bits per heavy atom. The van der Waals surface area contributed by atoms with Crippen molar-refractivity contribution in [2.24, 2.45) is 0 Å². The molecule has 0 aliphatic rings. The minimum atomic E-state index is -0.291. The van der Waals surface area contributed by atoms with Gasteiger partial charge >= 0.3 is 0 Å². The number of carbonyl (C=O) groups is 2. The number of H-pyrrole nitrogens is 1. The molecule has 0 spiro atoms. The Bertz CT molecular complexity index is 888.